The van der Waals surface area contributed by atoms with Crippen LogP contribution >= 0.6 is 0 Å². The van der Waals surface area contributed by atoms with Crippen LogP contribution in [-0.4, -0.2) is 37.7 Å². The topological polar surface area (TPSA) is 24.5 Å². The summed E-state index contributed by atoms with van der Waals surface area (Å²) in [5, 5.41) is 3.42. The molecule has 110 valence electrons. The third kappa shape index (κ3) is 3.33. The van der Waals surface area contributed by atoms with Gasteiger partial charge in [0.25, 0.3) is 0 Å². The number of ether oxygens (including phenoxy) is 1. The predicted molar refractivity (Wildman–Crippen MR) is 82.2 cm³/mol. The first-order valence-electron chi connectivity index (χ1n) is 8.03. The summed E-state index contributed by atoms with van der Waals surface area (Å²) >= 11 is 0. The molecule has 0 spiro atoms. The molecule has 0 radical (unpaired) electrons. The minimum absolute atomic E-state index is 0.692. The summed E-state index contributed by atoms with van der Waals surface area (Å²) in [5.41, 5.74) is 2.89. The fourth-order valence-electron chi connectivity index (χ4n) is 3.34. The number of fused-ring (bicyclic) bond motifs is 1. The fraction of sp³-hybridized carbons (Fsp3) is 0.647. The van der Waals surface area contributed by atoms with E-state index in [1.807, 2.05) is 0 Å². The zero-order valence-electron chi connectivity index (χ0n) is 12.5. The van der Waals surface area contributed by atoms with Crippen molar-refractivity contribution < 1.29 is 4.74 Å². The van der Waals surface area contributed by atoms with Crippen molar-refractivity contribution in [3.63, 3.8) is 0 Å². The van der Waals surface area contributed by atoms with Crippen LogP contribution in [0.2, 0.25) is 0 Å². The fourth-order valence-corrected chi connectivity index (χ4v) is 3.34. The van der Waals surface area contributed by atoms with Gasteiger partial charge in [-0.3, -0.25) is 0 Å². The molecule has 1 unspecified atom stereocenters. The largest absolute Gasteiger partial charge is 0.493 e. The molecule has 0 aromatic heterocycles. The second-order valence-corrected chi connectivity index (χ2v) is 6.07. The molecular formula is C17H26N2O. The minimum atomic E-state index is 0.692. The van der Waals surface area contributed by atoms with Crippen molar-refractivity contribution in [3.05, 3.63) is 29.3 Å². The maximum absolute atomic E-state index is 6.05. The molecular weight excluding hydrogens is 248 g/mol. The number of benzene rings is 1. The standard InChI is InChI=1S/C17H26N2O/c1-2-19-9-3-4-14(12-19)13-20-17-6-5-15-7-8-18-11-16(15)10-17/h5-6,10,14,18H,2-4,7-9,11-13H2,1H3. The molecule has 3 nitrogen and oxygen atoms in total. The van der Waals surface area contributed by atoms with Crippen LogP contribution in [-0.2, 0) is 13.0 Å². The highest BCUT2D eigenvalue weighted by Crippen LogP contribution is 2.22. The van der Waals surface area contributed by atoms with Crippen LogP contribution in [0.4, 0.5) is 0 Å². The van der Waals surface area contributed by atoms with E-state index in [4.69, 9.17) is 4.74 Å². The summed E-state index contributed by atoms with van der Waals surface area (Å²) < 4.78 is 6.05. The molecule has 2 aliphatic rings. The number of hydrogen-bond acceptors (Lipinski definition) is 3. The van der Waals surface area contributed by atoms with Crippen molar-refractivity contribution in [2.24, 2.45) is 5.92 Å². The third-order valence-corrected chi connectivity index (χ3v) is 4.60. The lowest BCUT2D eigenvalue weighted by Gasteiger charge is -2.31. The van der Waals surface area contributed by atoms with Gasteiger partial charge in [-0.25, -0.2) is 0 Å². The van der Waals surface area contributed by atoms with Crippen molar-refractivity contribution in [1.82, 2.24) is 10.2 Å². The van der Waals surface area contributed by atoms with Crippen molar-refractivity contribution in [1.29, 1.82) is 0 Å². The Balaban J connectivity index is 1.55. The monoisotopic (exact) mass is 274 g/mol. The zero-order valence-corrected chi connectivity index (χ0v) is 12.5. The van der Waals surface area contributed by atoms with Crippen LogP contribution in [0, 0.1) is 5.92 Å². The predicted octanol–water partition coefficient (Wildman–Crippen LogP) is 2.44. The van der Waals surface area contributed by atoms with Crippen molar-refractivity contribution in [3.8, 4) is 5.75 Å². The Labute approximate surface area is 122 Å². The molecule has 3 rings (SSSR count). The van der Waals surface area contributed by atoms with Crippen molar-refractivity contribution >= 4 is 0 Å². The average molecular weight is 274 g/mol. The number of rotatable bonds is 4. The van der Waals surface area contributed by atoms with Gasteiger partial charge in [-0.15, -0.1) is 0 Å². The van der Waals surface area contributed by atoms with E-state index in [1.165, 1.54) is 43.6 Å². The van der Waals surface area contributed by atoms with E-state index in [9.17, 15) is 0 Å². The van der Waals surface area contributed by atoms with Gasteiger partial charge in [0.05, 0.1) is 6.61 Å². The van der Waals surface area contributed by atoms with Gasteiger partial charge in [-0.2, -0.15) is 0 Å². The van der Waals surface area contributed by atoms with Crippen LogP contribution in [0.15, 0.2) is 18.2 Å². The summed E-state index contributed by atoms with van der Waals surface area (Å²) in [7, 11) is 0. The summed E-state index contributed by atoms with van der Waals surface area (Å²) in [5.74, 6) is 1.74. The van der Waals surface area contributed by atoms with Crippen LogP contribution in [0.1, 0.15) is 30.9 Å². The maximum Gasteiger partial charge on any atom is 0.119 e. The highest BCUT2D eigenvalue weighted by molar-refractivity contribution is 5.37. The number of nitrogens with one attached hydrogen (secondary N) is 1. The van der Waals surface area contributed by atoms with Crippen LogP contribution in [0.5, 0.6) is 5.75 Å². The number of likely N-dealkylation sites (tertiary alicyclic amines) is 1. The van der Waals surface area contributed by atoms with Gasteiger partial charge < -0.3 is 15.0 Å². The Kier molecular flexibility index (Phi) is 4.58. The molecule has 1 N–H and O–H groups in total. The van der Waals surface area contributed by atoms with Gasteiger partial charge >= 0.3 is 0 Å². The van der Waals surface area contributed by atoms with Crippen LogP contribution in [0.25, 0.3) is 0 Å². The lowest BCUT2D eigenvalue weighted by molar-refractivity contribution is 0.135. The Morgan fingerprint density at radius 2 is 2.30 bits per heavy atom. The van der Waals surface area contributed by atoms with Gasteiger partial charge in [0.15, 0.2) is 0 Å². The van der Waals surface area contributed by atoms with E-state index in [0.717, 1.165) is 31.9 Å². The number of nitrogens with zero attached hydrogens (tertiary/aromatic N) is 1. The molecule has 1 saturated heterocycles. The van der Waals surface area contributed by atoms with Gasteiger partial charge in [0.2, 0.25) is 0 Å². The molecule has 0 amide bonds. The molecule has 1 atom stereocenters. The molecule has 3 heteroatoms. The van der Waals surface area contributed by atoms with E-state index in [2.05, 4.69) is 35.3 Å². The smallest absolute Gasteiger partial charge is 0.119 e. The summed E-state index contributed by atoms with van der Waals surface area (Å²) in [6.45, 7) is 8.83. The van der Waals surface area contributed by atoms with E-state index >= 15 is 0 Å². The third-order valence-electron chi connectivity index (χ3n) is 4.60. The van der Waals surface area contributed by atoms with E-state index in [0.29, 0.717) is 5.92 Å². The lowest BCUT2D eigenvalue weighted by Crippen LogP contribution is -2.37. The van der Waals surface area contributed by atoms with E-state index < -0.39 is 0 Å². The second kappa shape index (κ2) is 6.59. The first kappa shape index (κ1) is 13.9. The molecule has 20 heavy (non-hydrogen) atoms. The van der Waals surface area contributed by atoms with E-state index in [1.54, 1.807) is 0 Å². The Morgan fingerprint density at radius 3 is 3.20 bits per heavy atom. The zero-order chi connectivity index (χ0) is 13.8. The molecule has 1 aromatic rings. The molecule has 1 fully saturated rings. The number of piperidine rings is 1. The SMILES string of the molecule is CCN1CCCC(COc2ccc3c(c2)CNCC3)C1. The van der Waals surface area contributed by atoms with Gasteiger partial charge in [0, 0.05) is 19.0 Å². The molecule has 2 heterocycles. The second-order valence-electron chi connectivity index (χ2n) is 6.07. The Morgan fingerprint density at radius 1 is 1.35 bits per heavy atom. The number of hydrogen-bond donors (Lipinski definition) is 1. The molecule has 2 aliphatic heterocycles. The van der Waals surface area contributed by atoms with Crippen LogP contribution < -0.4 is 10.1 Å². The lowest BCUT2D eigenvalue weighted by atomic mass is 9.99. The average Bonchev–Trinajstić information content (AvgIpc) is 2.53. The minimum Gasteiger partial charge on any atom is -0.493 e. The first-order valence-corrected chi connectivity index (χ1v) is 8.03. The van der Waals surface area contributed by atoms with Crippen LogP contribution in [0.3, 0.4) is 0 Å². The summed E-state index contributed by atoms with van der Waals surface area (Å²) in [4.78, 5) is 2.54. The highest BCUT2D eigenvalue weighted by Gasteiger charge is 2.19. The normalized spacial score (nSPS) is 23.4. The Bertz CT molecular complexity index is 447. The highest BCUT2D eigenvalue weighted by atomic mass is 16.5. The van der Waals surface area contributed by atoms with Crippen molar-refractivity contribution in [2.75, 3.05) is 32.8 Å². The van der Waals surface area contributed by atoms with Gasteiger partial charge in [0.1, 0.15) is 5.75 Å². The molecule has 0 saturated carbocycles. The Hall–Kier alpha value is -1.06. The summed E-state index contributed by atoms with van der Waals surface area (Å²) in [6, 6.07) is 6.61. The molecule has 0 bridgehead atoms. The van der Waals surface area contributed by atoms with Crippen molar-refractivity contribution in [2.45, 2.75) is 32.7 Å². The summed E-state index contributed by atoms with van der Waals surface area (Å²) in [6.07, 6.45) is 3.77. The quantitative estimate of drug-likeness (QED) is 0.912. The van der Waals surface area contributed by atoms with Gasteiger partial charge in [-0.1, -0.05) is 13.0 Å². The molecule has 0 aliphatic carbocycles. The van der Waals surface area contributed by atoms with Gasteiger partial charge in [-0.05, 0) is 62.2 Å². The molecule has 1 aromatic carbocycles. The maximum atomic E-state index is 6.05. The van der Waals surface area contributed by atoms with E-state index in [-0.39, 0.29) is 0 Å². The first-order chi connectivity index (χ1) is 9.85.